The molecule has 0 radical (unpaired) electrons. The number of hydrogen-bond acceptors (Lipinski definition) is 8. The maximum absolute atomic E-state index is 12.9. The first-order valence-corrected chi connectivity index (χ1v) is 12.3. The van der Waals surface area contributed by atoms with Crippen molar-refractivity contribution in [3.05, 3.63) is 40.2 Å². The van der Waals surface area contributed by atoms with Gasteiger partial charge in [-0.05, 0) is 43.2 Å². The third kappa shape index (κ3) is 3.95. The summed E-state index contributed by atoms with van der Waals surface area (Å²) in [6, 6.07) is 7.04. The summed E-state index contributed by atoms with van der Waals surface area (Å²) in [4.78, 5) is 28.9. The molecule has 0 aliphatic carbocycles. The molecule has 1 aliphatic heterocycles. The number of sulfonamides is 1. The van der Waals surface area contributed by atoms with Crippen molar-refractivity contribution in [2.24, 2.45) is 0 Å². The smallest absolute Gasteiger partial charge is 0.337 e. The van der Waals surface area contributed by atoms with E-state index in [4.69, 9.17) is 16.3 Å². The highest BCUT2D eigenvalue weighted by Gasteiger charge is 2.40. The summed E-state index contributed by atoms with van der Waals surface area (Å²) < 4.78 is 33.0. The monoisotopic (exact) mass is 485 g/mol. The normalized spacial score (nSPS) is 17.3. The average Bonchev–Trinajstić information content (AvgIpc) is 3.45. The van der Waals surface area contributed by atoms with E-state index in [1.54, 1.807) is 18.2 Å². The Balaban J connectivity index is 1.55. The zero-order valence-corrected chi connectivity index (χ0v) is 18.8. The molecule has 0 bridgehead atoms. The number of nitrogens with zero attached hydrogens (tertiary/aromatic N) is 2. The van der Waals surface area contributed by atoms with Crippen molar-refractivity contribution in [2.75, 3.05) is 19.0 Å². The van der Waals surface area contributed by atoms with E-state index in [1.165, 1.54) is 34.9 Å². The molecule has 1 unspecified atom stereocenters. The number of benzene rings is 1. The van der Waals surface area contributed by atoms with Gasteiger partial charge in [-0.25, -0.2) is 18.2 Å². The highest BCUT2D eigenvalue weighted by Crippen LogP contribution is 2.33. The summed E-state index contributed by atoms with van der Waals surface area (Å²) in [5.41, 5.74) is 1.00. The zero-order valence-electron chi connectivity index (χ0n) is 15.6. The summed E-state index contributed by atoms with van der Waals surface area (Å²) in [5.74, 6) is -0.901. The van der Waals surface area contributed by atoms with Gasteiger partial charge >= 0.3 is 5.97 Å². The molecule has 4 rings (SSSR count). The molecule has 3 heterocycles. The van der Waals surface area contributed by atoms with Crippen molar-refractivity contribution in [3.8, 4) is 0 Å². The first-order chi connectivity index (χ1) is 14.3. The number of ether oxygens (including phenoxy) is 1. The van der Waals surface area contributed by atoms with Crippen molar-refractivity contribution >= 4 is 71.5 Å². The van der Waals surface area contributed by atoms with Gasteiger partial charge in [-0.2, -0.15) is 4.31 Å². The number of carbonyl (C=O) groups excluding carboxylic acids is 2. The minimum Gasteiger partial charge on any atom is -0.465 e. The number of nitrogens with one attached hydrogen (secondary N) is 1. The Kier molecular flexibility index (Phi) is 5.82. The maximum Gasteiger partial charge on any atom is 0.337 e. The number of anilines is 1. The zero-order chi connectivity index (χ0) is 21.5. The quantitative estimate of drug-likeness (QED) is 0.553. The van der Waals surface area contributed by atoms with E-state index in [9.17, 15) is 18.0 Å². The molecule has 1 N–H and O–H groups in total. The van der Waals surface area contributed by atoms with Crippen LogP contribution in [0.3, 0.4) is 0 Å². The van der Waals surface area contributed by atoms with Crippen molar-refractivity contribution in [1.82, 2.24) is 9.29 Å². The Morgan fingerprint density at radius 1 is 1.27 bits per heavy atom. The summed E-state index contributed by atoms with van der Waals surface area (Å²) in [7, 11) is -2.51. The summed E-state index contributed by atoms with van der Waals surface area (Å²) in [6.45, 7) is 0.262. The molecule has 158 valence electrons. The number of hydrogen-bond donors (Lipinski definition) is 1. The van der Waals surface area contributed by atoms with Crippen molar-refractivity contribution in [1.29, 1.82) is 0 Å². The number of thiazole rings is 1. The van der Waals surface area contributed by atoms with E-state index in [1.807, 2.05) is 0 Å². The second-order valence-electron chi connectivity index (χ2n) is 6.51. The predicted molar refractivity (Wildman–Crippen MR) is 116 cm³/mol. The van der Waals surface area contributed by atoms with Crippen LogP contribution in [0.1, 0.15) is 23.2 Å². The van der Waals surface area contributed by atoms with Crippen LogP contribution in [-0.4, -0.2) is 49.3 Å². The van der Waals surface area contributed by atoms with Crippen LogP contribution in [0.5, 0.6) is 0 Å². The molecule has 1 atom stereocenters. The largest absolute Gasteiger partial charge is 0.465 e. The van der Waals surface area contributed by atoms with Crippen LogP contribution < -0.4 is 5.32 Å². The molecule has 0 spiro atoms. The third-order valence-corrected chi connectivity index (χ3v) is 9.20. The van der Waals surface area contributed by atoms with Gasteiger partial charge in [-0.3, -0.25) is 4.79 Å². The highest BCUT2D eigenvalue weighted by molar-refractivity contribution is 7.91. The number of aromatic nitrogens is 1. The topological polar surface area (TPSA) is 106 Å². The van der Waals surface area contributed by atoms with E-state index < -0.39 is 27.9 Å². The van der Waals surface area contributed by atoms with Gasteiger partial charge in [0.1, 0.15) is 10.3 Å². The van der Waals surface area contributed by atoms with Gasteiger partial charge in [0.25, 0.3) is 10.0 Å². The molecule has 3 aromatic rings. The number of fused-ring (bicyclic) bond motifs is 1. The molecule has 1 amide bonds. The lowest BCUT2D eigenvalue weighted by Crippen LogP contribution is -2.42. The molecule has 1 aliphatic rings. The lowest BCUT2D eigenvalue weighted by atomic mass is 10.2. The number of methoxy groups -OCH3 is 1. The van der Waals surface area contributed by atoms with Crippen LogP contribution in [-0.2, 0) is 19.6 Å². The molecule has 0 saturated carbocycles. The molecule has 30 heavy (non-hydrogen) atoms. The number of carbonyl (C=O) groups is 2. The molecule has 1 saturated heterocycles. The van der Waals surface area contributed by atoms with Crippen molar-refractivity contribution < 1.29 is 22.7 Å². The minimum atomic E-state index is -3.81. The standard InChI is InChI=1S/C18H16ClN3O5S3/c1-27-17(24)10-4-5-11-13(9-10)28-18(20-11)21-16(23)12-3-2-8-22(12)30(25,26)15-7-6-14(19)29-15/h4-7,9,12H,2-3,8H2,1H3,(H,20,21,23). The Morgan fingerprint density at radius 2 is 2.07 bits per heavy atom. The maximum atomic E-state index is 12.9. The van der Waals surface area contributed by atoms with Gasteiger partial charge in [-0.15, -0.1) is 11.3 Å². The van der Waals surface area contributed by atoms with Gasteiger partial charge in [0, 0.05) is 6.54 Å². The van der Waals surface area contributed by atoms with Gasteiger partial charge in [-0.1, -0.05) is 22.9 Å². The van der Waals surface area contributed by atoms with Gasteiger partial charge in [0.2, 0.25) is 5.91 Å². The Morgan fingerprint density at radius 3 is 2.77 bits per heavy atom. The van der Waals surface area contributed by atoms with Crippen LogP contribution in [0.25, 0.3) is 10.2 Å². The summed E-state index contributed by atoms with van der Waals surface area (Å²) in [5, 5.41) is 3.05. The fourth-order valence-corrected chi connectivity index (χ4v) is 7.43. The Bertz CT molecular complexity index is 1240. The van der Waals surface area contributed by atoms with E-state index in [0.717, 1.165) is 11.3 Å². The van der Waals surface area contributed by atoms with Crippen molar-refractivity contribution in [3.63, 3.8) is 0 Å². The lowest BCUT2D eigenvalue weighted by molar-refractivity contribution is -0.119. The molecular formula is C18H16ClN3O5S3. The van der Waals surface area contributed by atoms with Gasteiger partial charge < -0.3 is 10.1 Å². The fourth-order valence-electron chi connectivity index (χ4n) is 3.25. The second-order valence-corrected chi connectivity index (χ2v) is 11.4. The molecule has 12 heteroatoms. The number of esters is 1. The third-order valence-electron chi connectivity index (χ3n) is 4.66. The lowest BCUT2D eigenvalue weighted by Gasteiger charge is -2.22. The van der Waals surface area contributed by atoms with Crippen LogP contribution in [0.2, 0.25) is 4.34 Å². The van der Waals surface area contributed by atoms with E-state index >= 15 is 0 Å². The van der Waals surface area contributed by atoms with Crippen LogP contribution in [0, 0.1) is 0 Å². The average molecular weight is 486 g/mol. The van der Waals surface area contributed by atoms with Crippen LogP contribution in [0.4, 0.5) is 5.13 Å². The van der Waals surface area contributed by atoms with E-state index in [0.29, 0.717) is 38.1 Å². The predicted octanol–water partition coefficient (Wildman–Crippen LogP) is 3.59. The number of rotatable bonds is 5. The Labute approximate surface area is 185 Å². The molecule has 8 nitrogen and oxygen atoms in total. The van der Waals surface area contributed by atoms with Gasteiger partial charge in [0.05, 0.1) is 27.2 Å². The van der Waals surface area contributed by atoms with Gasteiger partial charge in [0.15, 0.2) is 5.13 Å². The number of amides is 1. The minimum absolute atomic E-state index is 0.113. The number of halogens is 1. The van der Waals surface area contributed by atoms with Crippen LogP contribution in [0.15, 0.2) is 34.5 Å². The van der Waals surface area contributed by atoms with E-state index in [-0.39, 0.29) is 10.8 Å². The molecular weight excluding hydrogens is 470 g/mol. The number of thiophene rings is 1. The molecule has 1 fully saturated rings. The SMILES string of the molecule is COC(=O)c1ccc2nc(NC(=O)C3CCCN3S(=O)(=O)c3ccc(Cl)s3)sc2c1. The van der Waals surface area contributed by atoms with Crippen molar-refractivity contribution in [2.45, 2.75) is 23.1 Å². The van der Waals surface area contributed by atoms with E-state index in [2.05, 4.69) is 10.3 Å². The Hall–Kier alpha value is -2.05. The summed E-state index contributed by atoms with van der Waals surface area (Å²) >= 11 is 8.04. The molecule has 1 aromatic carbocycles. The first-order valence-electron chi connectivity index (χ1n) is 8.86. The second kappa shape index (κ2) is 8.23. The molecule has 2 aromatic heterocycles. The first kappa shape index (κ1) is 21.2. The summed E-state index contributed by atoms with van der Waals surface area (Å²) in [6.07, 6.45) is 1.00. The van der Waals surface area contributed by atoms with Crippen LogP contribution >= 0.6 is 34.3 Å². The fraction of sp³-hybridized carbons (Fsp3) is 0.278. The highest BCUT2D eigenvalue weighted by atomic mass is 35.5.